The fourth-order valence-electron chi connectivity index (χ4n) is 4.43. The number of ether oxygens (including phenoxy) is 1. The quantitative estimate of drug-likeness (QED) is 0.638. The first kappa shape index (κ1) is 19.8. The molecule has 1 N–H and O–H groups in total. The maximum Gasteiger partial charge on any atom is 0.193 e. The third kappa shape index (κ3) is 4.91. The molecule has 2 saturated heterocycles. The van der Waals surface area contributed by atoms with Crippen molar-refractivity contribution in [2.45, 2.75) is 18.9 Å². The topological polar surface area (TPSA) is 40.1 Å². The molecule has 2 aliphatic rings. The molecule has 0 amide bonds. The van der Waals surface area contributed by atoms with Gasteiger partial charge in [-0.2, -0.15) is 0 Å². The number of benzene rings is 2. The summed E-state index contributed by atoms with van der Waals surface area (Å²) in [6, 6.07) is 21.3. The number of nitrogens with one attached hydrogen (secondary N) is 1. The second-order valence-corrected chi connectivity index (χ2v) is 7.84. The van der Waals surface area contributed by atoms with Crippen LogP contribution in [0.15, 0.2) is 65.7 Å². The highest BCUT2D eigenvalue weighted by Crippen LogP contribution is 2.33. The summed E-state index contributed by atoms with van der Waals surface area (Å²) in [5, 5.41) is 3.64. The third-order valence-electron chi connectivity index (χ3n) is 6.01. The van der Waals surface area contributed by atoms with Crippen LogP contribution in [0, 0.1) is 5.92 Å². The van der Waals surface area contributed by atoms with Gasteiger partial charge in [-0.1, -0.05) is 48.5 Å². The number of hydrogen-bond acceptors (Lipinski definition) is 3. The van der Waals surface area contributed by atoms with E-state index in [1.807, 2.05) is 7.05 Å². The van der Waals surface area contributed by atoms with Crippen molar-refractivity contribution in [1.29, 1.82) is 0 Å². The van der Waals surface area contributed by atoms with Crippen LogP contribution in [0.2, 0.25) is 0 Å². The van der Waals surface area contributed by atoms with E-state index in [2.05, 4.69) is 80.8 Å². The highest BCUT2D eigenvalue weighted by Gasteiger charge is 2.28. The maximum atomic E-state index is 6.15. The first-order valence-corrected chi connectivity index (χ1v) is 10.8. The van der Waals surface area contributed by atoms with Gasteiger partial charge < -0.3 is 19.9 Å². The molecular formula is C24H32N4O. The normalized spacial score (nSPS) is 23.1. The van der Waals surface area contributed by atoms with Gasteiger partial charge in [-0.3, -0.25) is 4.99 Å². The molecule has 0 radical (unpaired) electrons. The Labute approximate surface area is 174 Å². The Balaban J connectivity index is 1.32. The molecule has 5 nitrogen and oxygen atoms in total. The van der Waals surface area contributed by atoms with Crippen LogP contribution in [0.25, 0.3) is 0 Å². The first-order valence-electron chi connectivity index (χ1n) is 10.8. The van der Waals surface area contributed by atoms with Crippen molar-refractivity contribution in [1.82, 2.24) is 10.2 Å². The summed E-state index contributed by atoms with van der Waals surface area (Å²) in [7, 11) is 1.89. The number of aliphatic imine (C=N–C) groups is 1. The monoisotopic (exact) mass is 392 g/mol. The Kier molecular flexibility index (Phi) is 6.67. The molecule has 2 heterocycles. The predicted molar refractivity (Wildman–Crippen MR) is 119 cm³/mol. The Morgan fingerprint density at radius 3 is 2.38 bits per heavy atom. The van der Waals surface area contributed by atoms with Crippen LogP contribution in [0.5, 0.6) is 0 Å². The fraction of sp³-hybridized carbons (Fsp3) is 0.458. The van der Waals surface area contributed by atoms with Crippen LogP contribution < -0.4 is 10.2 Å². The molecular weight excluding hydrogens is 360 g/mol. The molecule has 5 heteroatoms. The lowest BCUT2D eigenvalue weighted by molar-refractivity contribution is -0.0266. The minimum atomic E-state index is 0.172. The Hall–Kier alpha value is -2.53. The van der Waals surface area contributed by atoms with Crippen molar-refractivity contribution in [3.63, 3.8) is 0 Å². The lowest BCUT2D eigenvalue weighted by Gasteiger charge is -2.38. The van der Waals surface area contributed by atoms with E-state index in [0.717, 1.165) is 51.7 Å². The van der Waals surface area contributed by atoms with Crippen molar-refractivity contribution >= 4 is 11.6 Å². The van der Waals surface area contributed by atoms with Gasteiger partial charge in [-0.15, -0.1) is 0 Å². The van der Waals surface area contributed by atoms with E-state index in [0.29, 0.717) is 5.92 Å². The Morgan fingerprint density at radius 2 is 1.69 bits per heavy atom. The van der Waals surface area contributed by atoms with Crippen LogP contribution in [0.4, 0.5) is 5.69 Å². The van der Waals surface area contributed by atoms with Crippen molar-refractivity contribution in [2.75, 3.05) is 51.3 Å². The van der Waals surface area contributed by atoms with Crippen LogP contribution in [-0.2, 0) is 4.74 Å². The van der Waals surface area contributed by atoms with Crippen molar-refractivity contribution in [3.8, 4) is 0 Å². The number of hydrogen-bond donors (Lipinski definition) is 1. The Morgan fingerprint density at radius 1 is 1.00 bits per heavy atom. The molecule has 0 saturated carbocycles. The molecule has 0 aromatic heterocycles. The molecule has 29 heavy (non-hydrogen) atoms. The molecule has 2 unspecified atom stereocenters. The molecule has 2 aliphatic heterocycles. The van der Waals surface area contributed by atoms with Gasteiger partial charge in [-0.05, 0) is 30.5 Å². The predicted octanol–water partition coefficient (Wildman–Crippen LogP) is 3.55. The third-order valence-corrected chi connectivity index (χ3v) is 6.01. The van der Waals surface area contributed by atoms with Crippen molar-refractivity contribution in [2.24, 2.45) is 10.9 Å². The SMILES string of the molecule is CN=C(NCC1CCCOC1c1ccccc1)N1CCN(c2ccccc2)CC1. The van der Waals surface area contributed by atoms with Crippen LogP contribution in [0.3, 0.4) is 0 Å². The van der Waals surface area contributed by atoms with Crippen LogP contribution in [-0.4, -0.2) is 57.2 Å². The van der Waals surface area contributed by atoms with Gasteiger partial charge in [0.1, 0.15) is 0 Å². The molecule has 2 atom stereocenters. The van der Waals surface area contributed by atoms with Crippen molar-refractivity contribution in [3.05, 3.63) is 66.2 Å². The summed E-state index contributed by atoms with van der Waals surface area (Å²) in [5.74, 6) is 1.48. The number of piperazine rings is 1. The van der Waals surface area contributed by atoms with Gasteiger partial charge in [0.2, 0.25) is 0 Å². The van der Waals surface area contributed by atoms with Crippen molar-refractivity contribution < 1.29 is 4.74 Å². The second-order valence-electron chi connectivity index (χ2n) is 7.84. The number of guanidine groups is 1. The second kappa shape index (κ2) is 9.79. The van der Waals surface area contributed by atoms with E-state index in [1.54, 1.807) is 0 Å². The van der Waals surface area contributed by atoms with Gasteiger partial charge >= 0.3 is 0 Å². The average Bonchev–Trinajstić information content (AvgIpc) is 2.81. The van der Waals surface area contributed by atoms with Crippen LogP contribution >= 0.6 is 0 Å². The van der Waals surface area contributed by atoms with Gasteiger partial charge in [0, 0.05) is 58.0 Å². The largest absolute Gasteiger partial charge is 0.373 e. The number of para-hydroxylation sites is 1. The summed E-state index contributed by atoms with van der Waals surface area (Å²) in [6.45, 7) is 5.75. The maximum absolute atomic E-state index is 6.15. The molecule has 2 aromatic carbocycles. The summed E-state index contributed by atoms with van der Waals surface area (Å²) < 4.78 is 6.15. The summed E-state index contributed by atoms with van der Waals surface area (Å²) in [4.78, 5) is 9.39. The lowest BCUT2D eigenvalue weighted by atomic mass is 9.89. The Bertz CT molecular complexity index is 772. The average molecular weight is 393 g/mol. The van der Waals surface area contributed by atoms with Gasteiger partial charge in [0.15, 0.2) is 5.96 Å². The molecule has 0 spiro atoms. The summed E-state index contributed by atoms with van der Waals surface area (Å²) >= 11 is 0. The highest BCUT2D eigenvalue weighted by molar-refractivity contribution is 5.80. The summed E-state index contributed by atoms with van der Waals surface area (Å²) in [5.41, 5.74) is 2.59. The zero-order valence-electron chi connectivity index (χ0n) is 17.3. The van der Waals surface area contributed by atoms with Gasteiger partial charge in [0.25, 0.3) is 0 Å². The first-order chi connectivity index (χ1) is 14.3. The van der Waals surface area contributed by atoms with E-state index in [9.17, 15) is 0 Å². The summed E-state index contributed by atoms with van der Waals surface area (Å²) in [6.07, 6.45) is 2.49. The van der Waals surface area contributed by atoms with Gasteiger partial charge in [-0.25, -0.2) is 0 Å². The van der Waals surface area contributed by atoms with E-state index >= 15 is 0 Å². The minimum Gasteiger partial charge on any atom is -0.373 e. The molecule has 154 valence electrons. The zero-order valence-corrected chi connectivity index (χ0v) is 17.3. The standard InChI is InChI=1S/C24H32N4O/c1-25-24(28-16-14-27(15-17-28)22-12-6-3-7-13-22)26-19-21-11-8-18-29-23(21)20-9-4-2-5-10-20/h2-7,9-10,12-13,21,23H,8,11,14-19H2,1H3,(H,25,26). The lowest BCUT2D eigenvalue weighted by Crippen LogP contribution is -2.53. The van der Waals surface area contributed by atoms with E-state index < -0.39 is 0 Å². The van der Waals surface area contributed by atoms with E-state index in [1.165, 1.54) is 17.7 Å². The van der Waals surface area contributed by atoms with Gasteiger partial charge in [0.05, 0.1) is 6.10 Å². The van der Waals surface area contributed by atoms with E-state index in [-0.39, 0.29) is 6.10 Å². The molecule has 4 rings (SSSR count). The number of anilines is 1. The minimum absolute atomic E-state index is 0.172. The smallest absolute Gasteiger partial charge is 0.193 e. The molecule has 2 fully saturated rings. The fourth-order valence-corrected chi connectivity index (χ4v) is 4.43. The van der Waals surface area contributed by atoms with E-state index in [4.69, 9.17) is 4.74 Å². The number of rotatable bonds is 4. The molecule has 0 bridgehead atoms. The number of nitrogens with zero attached hydrogens (tertiary/aromatic N) is 3. The van der Waals surface area contributed by atoms with Crippen LogP contribution in [0.1, 0.15) is 24.5 Å². The zero-order chi connectivity index (χ0) is 19.9. The highest BCUT2D eigenvalue weighted by atomic mass is 16.5. The molecule has 2 aromatic rings. The molecule has 0 aliphatic carbocycles.